The minimum absolute atomic E-state index is 0.140. The van der Waals surface area contributed by atoms with Crippen LogP contribution in [0.25, 0.3) is 0 Å². The van der Waals surface area contributed by atoms with Gasteiger partial charge < -0.3 is 19.5 Å². The second-order valence-electron chi connectivity index (χ2n) is 4.50. The highest BCUT2D eigenvalue weighted by Crippen LogP contribution is 2.32. The molecule has 5 heteroatoms. The Hall–Kier alpha value is -1.75. The number of amides is 1. The molecule has 1 fully saturated rings. The zero-order valence-electron chi connectivity index (χ0n) is 11.5. The molecule has 1 amide bonds. The molecule has 1 aromatic carbocycles. The van der Waals surface area contributed by atoms with Crippen molar-refractivity contribution in [1.82, 2.24) is 0 Å². The zero-order valence-corrected chi connectivity index (χ0v) is 11.5. The molecule has 0 radical (unpaired) electrons. The smallest absolute Gasteiger partial charge is 0.258 e. The largest absolute Gasteiger partial charge is 0.490 e. The van der Waals surface area contributed by atoms with Crippen LogP contribution >= 0.6 is 0 Å². The van der Waals surface area contributed by atoms with Crippen LogP contribution in [-0.2, 0) is 9.53 Å². The molecular formula is C14H19NO4. The van der Waals surface area contributed by atoms with Crippen LogP contribution in [0.2, 0.25) is 0 Å². The van der Waals surface area contributed by atoms with Crippen molar-refractivity contribution in [3.05, 3.63) is 18.2 Å². The zero-order chi connectivity index (χ0) is 13.9. The van der Waals surface area contributed by atoms with E-state index in [0.717, 1.165) is 0 Å². The first-order valence-electron chi connectivity index (χ1n) is 6.44. The molecule has 1 aliphatic rings. The van der Waals surface area contributed by atoms with Crippen molar-refractivity contribution in [3.8, 4) is 11.5 Å². The van der Waals surface area contributed by atoms with Gasteiger partial charge in [0.05, 0.1) is 19.8 Å². The van der Waals surface area contributed by atoms with E-state index in [1.54, 1.807) is 25.1 Å². The number of hydrogen-bond donors (Lipinski definition) is 1. The normalized spacial score (nSPS) is 20.8. The quantitative estimate of drug-likeness (QED) is 0.801. The number of nitrogens with one attached hydrogen (secondary N) is 1. The van der Waals surface area contributed by atoms with E-state index in [-0.39, 0.29) is 5.91 Å². The Bertz CT molecular complexity index is 469. The van der Waals surface area contributed by atoms with Gasteiger partial charge in [-0.3, -0.25) is 4.79 Å². The van der Waals surface area contributed by atoms with Crippen LogP contribution in [0, 0.1) is 0 Å². The average Bonchev–Trinajstić information content (AvgIpc) is 3.13. The van der Waals surface area contributed by atoms with Gasteiger partial charge in [0, 0.05) is 11.8 Å². The topological polar surface area (TPSA) is 60.1 Å². The average molecular weight is 265 g/mol. The highest BCUT2D eigenvalue weighted by molar-refractivity contribution is 5.98. The molecule has 0 bridgehead atoms. The van der Waals surface area contributed by atoms with Crippen LogP contribution in [-0.4, -0.2) is 31.3 Å². The Labute approximate surface area is 112 Å². The fourth-order valence-corrected chi connectivity index (χ4v) is 1.63. The Morgan fingerprint density at radius 1 is 1.32 bits per heavy atom. The van der Waals surface area contributed by atoms with Gasteiger partial charge in [-0.15, -0.1) is 0 Å². The minimum Gasteiger partial charge on any atom is -0.490 e. The maximum atomic E-state index is 11.9. The van der Waals surface area contributed by atoms with Crippen molar-refractivity contribution in [3.63, 3.8) is 0 Å². The second kappa shape index (κ2) is 5.48. The van der Waals surface area contributed by atoms with Gasteiger partial charge in [-0.25, -0.2) is 0 Å². The number of epoxide rings is 1. The first-order valence-corrected chi connectivity index (χ1v) is 6.44. The predicted octanol–water partition coefficient (Wildman–Crippen LogP) is 2.21. The van der Waals surface area contributed by atoms with Gasteiger partial charge in [0.2, 0.25) is 0 Å². The summed E-state index contributed by atoms with van der Waals surface area (Å²) < 4.78 is 16.1. The van der Waals surface area contributed by atoms with Crippen molar-refractivity contribution in [1.29, 1.82) is 0 Å². The summed E-state index contributed by atoms with van der Waals surface area (Å²) >= 11 is 0. The number of benzene rings is 1. The van der Waals surface area contributed by atoms with E-state index in [1.165, 1.54) is 0 Å². The summed E-state index contributed by atoms with van der Waals surface area (Å²) in [6, 6.07) is 5.34. The van der Waals surface area contributed by atoms with Gasteiger partial charge >= 0.3 is 0 Å². The van der Waals surface area contributed by atoms with Crippen molar-refractivity contribution in [2.24, 2.45) is 0 Å². The molecule has 5 nitrogen and oxygen atoms in total. The summed E-state index contributed by atoms with van der Waals surface area (Å²) in [6.07, 6.45) is 0. The third kappa shape index (κ3) is 3.17. The van der Waals surface area contributed by atoms with Gasteiger partial charge in [-0.05, 0) is 32.9 Å². The molecule has 0 aromatic heterocycles. The number of carbonyl (C=O) groups excluding carboxylic acids is 1. The number of hydrogen-bond acceptors (Lipinski definition) is 4. The molecule has 104 valence electrons. The van der Waals surface area contributed by atoms with Crippen LogP contribution in [0.15, 0.2) is 18.2 Å². The molecule has 0 spiro atoms. The van der Waals surface area contributed by atoms with Crippen LogP contribution in [0.3, 0.4) is 0 Å². The third-order valence-corrected chi connectivity index (χ3v) is 2.86. The van der Waals surface area contributed by atoms with E-state index >= 15 is 0 Å². The third-order valence-electron chi connectivity index (χ3n) is 2.86. The summed E-state index contributed by atoms with van der Waals surface area (Å²) in [5.41, 5.74) is -0.00157. The molecule has 1 aliphatic heterocycles. The van der Waals surface area contributed by atoms with Gasteiger partial charge in [0.1, 0.15) is 0 Å². The van der Waals surface area contributed by atoms with Gasteiger partial charge in [0.25, 0.3) is 5.91 Å². The van der Waals surface area contributed by atoms with Crippen LogP contribution in [0.1, 0.15) is 20.8 Å². The molecule has 1 N–H and O–H groups in total. The predicted molar refractivity (Wildman–Crippen MR) is 71.8 cm³/mol. The Morgan fingerprint density at radius 2 is 1.95 bits per heavy atom. The lowest BCUT2D eigenvalue weighted by Gasteiger charge is -2.13. The molecule has 19 heavy (non-hydrogen) atoms. The van der Waals surface area contributed by atoms with E-state index in [4.69, 9.17) is 14.2 Å². The molecule has 1 atom stereocenters. The summed E-state index contributed by atoms with van der Waals surface area (Å²) in [5, 5.41) is 2.81. The van der Waals surface area contributed by atoms with E-state index in [0.29, 0.717) is 37.0 Å². The summed E-state index contributed by atoms with van der Waals surface area (Å²) in [5.74, 6) is 1.17. The van der Waals surface area contributed by atoms with Crippen molar-refractivity contribution in [2.45, 2.75) is 26.4 Å². The molecular weight excluding hydrogens is 246 g/mol. The standard InChI is InChI=1S/C14H19NO4/c1-4-17-11-7-6-10(8-12(11)18-5-2)15-13(16)14(3)9-19-14/h6-8H,4-5,9H2,1-3H3,(H,15,16). The lowest BCUT2D eigenvalue weighted by atomic mass is 10.2. The molecule has 0 aliphatic carbocycles. The van der Waals surface area contributed by atoms with Gasteiger partial charge in [0.15, 0.2) is 17.1 Å². The van der Waals surface area contributed by atoms with Crippen molar-refractivity contribution in [2.75, 3.05) is 25.1 Å². The van der Waals surface area contributed by atoms with Crippen LogP contribution < -0.4 is 14.8 Å². The molecule has 2 rings (SSSR count). The Kier molecular flexibility index (Phi) is 3.95. The van der Waals surface area contributed by atoms with Crippen LogP contribution in [0.4, 0.5) is 5.69 Å². The number of rotatable bonds is 6. The number of ether oxygens (including phenoxy) is 3. The highest BCUT2D eigenvalue weighted by Gasteiger charge is 2.47. The summed E-state index contributed by atoms with van der Waals surface area (Å²) in [4.78, 5) is 11.9. The fraction of sp³-hybridized carbons (Fsp3) is 0.500. The molecule has 1 heterocycles. The van der Waals surface area contributed by atoms with Crippen LogP contribution in [0.5, 0.6) is 11.5 Å². The summed E-state index contributed by atoms with van der Waals surface area (Å²) in [6.45, 7) is 7.15. The molecule has 1 aromatic rings. The van der Waals surface area contributed by atoms with Crippen molar-refractivity contribution < 1.29 is 19.0 Å². The van der Waals surface area contributed by atoms with Gasteiger partial charge in [-0.1, -0.05) is 0 Å². The van der Waals surface area contributed by atoms with E-state index in [9.17, 15) is 4.79 Å². The second-order valence-corrected chi connectivity index (χ2v) is 4.50. The van der Waals surface area contributed by atoms with E-state index in [1.807, 2.05) is 13.8 Å². The first-order chi connectivity index (χ1) is 9.09. The minimum atomic E-state index is -0.676. The lowest BCUT2D eigenvalue weighted by molar-refractivity contribution is -0.120. The number of carbonyl (C=O) groups is 1. The maximum absolute atomic E-state index is 11.9. The van der Waals surface area contributed by atoms with E-state index < -0.39 is 5.60 Å². The molecule has 1 saturated heterocycles. The highest BCUT2D eigenvalue weighted by atomic mass is 16.6. The summed E-state index contributed by atoms with van der Waals surface area (Å²) in [7, 11) is 0. The van der Waals surface area contributed by atoms with Gasteiger partial charge in [-0.2, -0.15) is 0 Å². The molecule has 0 saturated carbocycles. The Balaban J connectivity index is 2.12. The first kappa shape index (κ1) is 13.7. The monoisotopic (exact) mass is 265 g/mol. The fourth-order valence-electron chi connectivity index (χ4n) is 1.63. The lowest BCUT2D eigenvalue weighted by Crippen LogP contribution is -2.28. The number of anilines is 1. The Morgan fingerprint density at radius 3 is 2.53 bits per heavy atom. The SMILES string of the molecule is CCOc1ccc(NC(=O)C2(C)CO2)cc1OCC. The van der Waals surface area contributed by atoms with Crippen molar-refractivity contribution >= 4 is 11.6 Å². The van der Waals surface area contributed by atoms with E-state index in [2.05, 4.69) is 5.32 Å². The maximum Gasteiger partial charge on any atom is 0.258 e. The molecule has 1 unspecified atom stereocenters.